The topological polar surface area (TPSA) is 12.0 Å². The molecule has 1 N–H and O–H groups in total. The average molecular weight is 310 g/mol. The van der Waals surface area contributed by atoms with E-state index in [4.69, 9.17) is 0 Å². The first-order chi connectivity index (χ1) is 8.56. The molecule has 0 bridgehead atoms. The van der Waals surface area contributed by atoms with Gasteiger partial charge >= 0.3 is 0 Å². The van der Waals surface area contributed by atoms with Crippen molar-refractivity contribution in [1.29, 1.82) is 0 Å². The summed E-state index contributed by atoms with van der Waals surface area (Å²) >= 11 is 3.49. The monoisotopic (exact) mass is 309 g/mol. The SMILES string of the molecule is CC(C)C(C)CNC1CC(c2ccc(Br)cc2)C1. The molecule has 1 atom stereocenters. The molecule has 1 aromatic carbocycles. The Morgan fingerprint density at radius 1 is 1.17 bits per heavy atom. The molecule has 1 aliphatic carbocycles. The predicted molar refractivity (Wildman–Crippen MR) is 81.9 cm³/mol. The lowest BCUT2D eigenvalue weighted by Crippen LogP contribution is -2.42. The van der Waals surface area contributed by atoms with E-state index in [0.717, 1.165) is 30.3 Å². The normalized spacial score (nSPS) is 24.9. The van der Waals surface area contributed by atoms with Crippen LogP contribution in [0.1, 0.15) is 45.1 Å². The lowest BCUT2D eigenvalue weighted by atomic mass is 9.75. The third kappa shape index (κ3) is 3.58. The molecule has 18 heavy (non-hydrogen) atoms. The summed E-state index contributed by atoms with van der Waals surface area (Å²) in [5.41, 5.74) is 1.49. The first-order valence-corrected chi connectivity index (χ1v) is 7.84. The Bertz CT molecular complexity index is 365. The van der Waals surface area contributed by atoms with E-state index in [2.05, 4.69) is 66.3 Å². The summed E-state index contributed by atoms with van der Waals surface area (Å²) < 4.78 is 1.17. The van der Waals surface area contributed by atoms with Gasteiger partial charge in [-0.05, 0) is 54.8 Å². The summed E-state index contributed by atoms with van der Waals surface area (Å²) in [7, 11) is 0. The van der Waals surface area contributed by atoms with E-state index in [1.165, 1.54) is 22.9 Å². The van der Waals surface area contributed by atoms with Crippen LogP contribution in [-0.4, -0.2) is 12.6 Å². The van der Waals surface area contributed by atoms with Crippen molar-refractivity contribution in [2.45, 2.75) is 45.6 Å². The van der Waals surface area contributed by atoms with Crippen LogP contribution in [-0.2, 0) is 0 Å². The Morgan fingerprint density at radius 3 is 2.33 bits per heavy atom. The highest BCUT2D eigenvalue weighted by Crippen LogP contribution is 2.37. The fourth-order valence-corrected chi connectivity index (χ4v) is 2.64. The first-order valence-electron chi connectivity index (χ1n) is 7.05. The number of hydrogen-bond donors (Lipinski definition) is 1. The van der Waals surface area contributed by atoms with E-state index in [1.807, 2.05) is 0 Å². The fourth-order valence-electron chi connectivity index (χ4n) is 2.38. The quantitative estimate of drug-likeness (QED) is 0.839. The molecule has 0 heterocycles. The van der Waals surface area contributed by atoms with Gasteiger partial charge in [0.15, 0.2) is 0 Å². The number of rotatable bonds is 5. The van der Waals surface area contributed by atoms with E-state index in [9.17, 15) is 0 Å². The van der Waals surface area contributed by atoms with Gasteiger partial charge in [0.05, 0.1) is 0 Å². The third-order valence-electron chi connectivity index (χ3n) is 4.35. The van der Waals surface area contributed by atoms with Crippen LogP contribution in [0.3, 0.4) is 0 Å². The van der Waals surface area contributed by atoms with Gasteiger partial charge in [0.2, 0.25) is 0 Å². The minimum absolute atomic E-state index is 0.736. The second kappa shape index (κ2) is 6.21. The second-order valence-electron chi connectivity index (χ2n) is 6.05. The van der Waals surface area contributed by atoms with Crippen LogP contribution in [0.25, 0.3) is 0 Å². The lowest BCUT2D eigenvalue weighted by Gasteiger charge is -2.37. The fraction of sp³-hybridized carbons (Fsp3) is 0.625. The Kier molecular flexibility index (Phi) is 4.85. The minimum atomic E-state index is 0.736. The minimum Gasteiger partial charge on any atom is -0.314 e. The first kappa shape index (κ1) is 14.1. The van der Waals surface area contributed by atoms with E-state index in [0.29, 0.717) is 0 Å². The molecule has 2 heteroatoms. The van der Waals surface area contributed by atoms with Crippen LogP contribution in [0.15, 0.2) is 28.7 Å². The molecule has 1 saturated carbocycles. The molecule has 0 spiro atoms. The van der Waals surface area contributed by atoms with Gasteiger partial charge in [-0.15, -0.1) is 0 Å². The molecule has 100 valence electrons. The van der Waals surface area contributed by atoms with Gasteiger partial charge in [0.25, 0.3) is 0 Å². The highest BCUT2D eigenvalue weighted by atomic mass is 79.9. The standard InChI is InChI=1S/C16H24BrN/c1-11(2)12(3)10-18-16-8-14(9-16)13-4-6-15(17)7-5-13/h4-7,11-12,14,16,18H,8-10H2,1-3H3. The summed E-state index contributed by atoms with van der Waals surface area (Å²) in [5, 5.41) is 3.70. The van der Waals surface area contributed by atoms with Crippen molar-refractivity contribution in [3.63, 3.8) is 0 Å². The zero-order valence-corrected chi connectivity index (χ0v) is 13.2. The Balaban J connectivity index is 1.72. The molecular formula is C16H24BrN. The summed E-state index contributed by atoms with van der Waals surface area (Å²) in [6.07, 6.45) is 2.60. The van der Waals surface area contributed by atoms with Crippen molar-refractivity contribution in [2.75, 3.05) is 6.54 Å². The van der Waals surface area contributed by atoms with Gasteiger partial charge < -0.3 is 5.32 Å². The summed E-state index contributed by atoms with van der Waals surface area (Å²) in [4.78, 5) is 0. The maximum Gasteiger partial charge on any atom is 0.0175 e. The molecule has 0 saturated heterocycles. The van der Waals surface area contributed by atoms with Crippen molar-refractivity contribution in [3.8, 4) is 0 Å². The Hall–Kier alpha value is -0.340. The van der Waals surface area contributed by atoms with E-state index >= 15 is 0 Å². The molecule has 0 radical (unpaired) electrons. The van der Waals surface area contributed by atoms with Crippen LogP contribution in [0.5, 0.6) is 0 Å². The maximum atomic E-state index is 3.70. The molecule has 1 unspecified atom stereocenters. The van der Waals surface area contributed by atoms with Gasteiger partial charge in [0, 0.05) is 10.5 Å². The van der Waals surface area contributed by atoms with Crippen molar-refractivity contribution in [2.24, 2.45) is 11.8 Å². The number of hydrogen-bond acceptors (Lipinski definition) is 1. The van der Waals surface area contributed by atoms with Crippen molar-refractivity contribution in [1.82, 2.24) is 5.32 Å². The number of halogens is 1. The number of nitrogens with one attached hydrogen (secondary N) is 1. The molecule has 2 rings (SSSR count). The molecule has 1 aromatic rings. The highest BCUT2D eigenvalue weighted by molar-refractivity contribution is 9.10. The van der Waals surface area contributed by atoms with E-state index in [-0.39, 0.29) is 0 Å². The molecular weight excluding hydrogens is 286 g/mol. The number of benzene rings is 1. The van der Waals surface area contributed by atoms with E-state index < -0.39 is 0 Å². The van der Waals surface area contributed by atoms with Crippen molar-refractivity contribution >= 4 is 15.9 Å². The van der Waals surface area contributed by atoms with Crippen LogP contribution >= 0.6 is 15.9 Å². The van der Waals surface area contributed by atoms with Crippen molar-refractivity contribution < 1.29 is 0 Å². The molecule has 0 amide bonds. The Morgan fingerprint density at radius 2 is 1.78 bits per heavy atom. The van der Waals surface area contributed by atoms with Gasteiger partial charge in [-0.25, -0.2) is 0 Å². The van der Waals surface area contributed by atoms with Crippen LogP contribution < -0.4 is 5.32 Å². The third-order valence-corrected chi connectivity index (χ3v) is 4.87. The largest absolute Gasteiger partial charge is 0.314 e. The van der Waals surface area contributed by atoms with Gasteiger partial charge in [-0.2, -0.15) is 0 Å². The second-order valence-corrected chi connectivity index (χ2v) is 6.96. The van der Waals surface area contributed by atoms with Gasteiger partial charge in [-0.1, -0.05) is 48.8 Å². The molecule has 1 aliphatic rings. The van der Waals surface area contributed by atoms with Crippen LogP contribution in [0.2, 0.25) is 0 Å². The zero-order chi connectivity index (χ0) is 13.1. The average Bonchev–Trinajstić information content (AvgIpc) is 2.28. The summed E-state index contributed by atoms with van der Waals surface area (Å²) in [5.74, 6) is 2.32. The molecule has 0 aromatic heterocycles. The smallest absolute Gasteiger partial charge is 0.0175 e. The predicted octanol–water partition coefficient (Wildman–Crippen LogP) is 4.58. The van der Waals surface area contributed by atoms with E-state index in [1.54, 1.807) is 0 Å². The Labute approximate surface area is 119 Å². The summed E-state index contributed by atoms with van der Waals surface area (Å²) in [6.45, 7) is 8.10. The van der Waals surface area contributed by atoms with Gasteiger partial charge in [-0.3, -0.25) is 0 Å². The molecule has 1 nitrogen and oxygen atoms in total. The van der Waals surface area contributed by atoms with Crippen LogP contribution in [0.4, 0.5) is 0 Å². The van der Waals surface area contributed by atoms with Gasteiger partial charge in [0.1, 0.15) is 0 Å². The zero-order valence-electron chi connectivity index (χ0n) is 11.6. The van der Waals surface area contributed by atoms with Crippen LogP contribution in [0, 0.1) is 11.8 Å². The molecule has 1 fully saturated rings. The maximum absolute atomic E-state index is 3.70. The lowest BCUT2D eigenvalue weighted by molar-refractivity contribution is 0.264. The van der Waals surface area contributed by atoms with Crippen molar-refractivity contribution in [3.05, 3.63) is 34.3 Å². The highest BCUT2D eigenvalue weighted by Gasteiger charge is 2.30. The summed E-state index contributed by atoms with van der Waals surface area (Å²) in [6, 6.07) is 9.54. The molecule has 0 aliphatic heterocycles.